The van der Waals surface area contributed by atoms with Gasteiger partial charge in [0.2, 0.25) is 0 Å². The SMILES string of the molecule is OC1(c2ccccn2)CCN(CCC2=CCCCC2)CC1. The molecule has 2 aliphatic rings. The Morgan fingerprint density at radius 2 is 2.05 bits per heavy atom. The second-order valence-corrected chi connectivity index (χ2v) is 6.45. The average Bonchev–Trinajstić information content (AvgIpc) is 2.56. The van der Waals surface area contributed by atoms with Gasteiger partial charge in [-0.25, -0.2) is 0 Å². The Morgan fingerprint density at radius 1 is 1.19 bits per heavy atom. The fourth-order valence-electron chi connectivity index (χ4n) is 3.47. The number of hydrogen-bond acceptors (Lipinski definition) is 3. The summed E-state index contributed by atoms with van der Waals surface area (Å²) in [6.45, 7) is 3.09. The zero-order chi connectivity index (χ0) is 14.5. The van der Waals surface area contributed by atoms with Gasteiger partial charge in [0.25, 0.3) is 0 Å². The third kappa shape index (κ3) is 3.72. The highest BCUT2D eigenvalue weighted by Crippen LogP contribution is 2.31. The van der Waals surface area contributed by atoms with E-state index in [1.165, 1.54) is 32.1 Å². The number of rotatable bonds is 4. The Labute approximate surface area is 127 Å². The van der Waals surface area contributed by atoms with Crippen LogP contribution in [0.3, 0.4) is 0 Å². The van der Waals surface area contributed by atoms with Crippen LogP contribution in [-0.2, 0) is 5.60 Å². The smallest absolute Gasteiger partial charge is 0.109 e. The van der Waals surface area contributed by atoms with Gasteiger partial charge in [-0.3, -0.25) is 4.98 Å². The minimum absolute atomic E-state index is 0.720. The van der Waals surface area contributed by atoms with Crippen LogP contribution >= 0.6 is 0 Å². The van der Waals surface area contributed by atoms with Gasteiger partial charge in [-0.05, 0) is 57.1 Å². The minimum Gasteiger partial charge on any atom is -0.383 e. The molecule has 1 fully saturated rings. The van der Waals surface area contributed by atoms with Gasteiger partial charge < -0.3 is 10.0 Å². The summed E-state index contributed by atoms with van der Waals surface area (Å²) in [5.41, 5.74) is 1.76. The summed E-state index contributed by atoms with van der Waals surface area (Å²) in [7, 11) is 0. The Hall–Kier alpha value is -1.19. The molecule has 0 unspecified atom stereocenters. The summed E-state index contributed by atoms with van der Waals surface area (Å²) in [6.07, 6.45) is 12.3. The highest BCUT2D eigenvalue weighted by atomic mass is 16.3. The van der Waals surface area contributed by atoms with E-state index in [9.17, 15) is 5.11 Å². The van der Waals surface area contributed by atoms with Gasteiger partial charge >= 0.3 is 0 Å². The maximum absolute atomic E-state index is 10.8. The van der Waals surface area contributed by atoms with Crippen molar-refractivity contribution in [3.8, 4) is 0 Å². The van der Waals surface area contributed by atoms with Crippen LogP contribution in [0.1, 0.15) is 50.6 Å². The third-order valence-electron chi connectivity index (χ3n) is 4.96. The van der Waals surface area contributed by atoms with Crippen LogP contribution < -0.4 is 0 Å². The number of piperidine rings is 1. The Bertz CT molecular complexity index is 475. The largest absolute Gasteiger partial charge is 0.383 e. The van der Waals surface area contributed by atoms with Crippen LogP contribution in [0.15, 0.2) is 36.0 Å². The predicted octanol–water partition coefficient (Wildman–Crippen LogP) is 3.26. The Balaban J connectivity index is 1.50. The molecule has 1 saturated heterocycles. The molecular weight excluding hydrogens is 260 g/mol. The van der Waals surface area contributed by atoms with Crippen LogP contribution in [0.5, 0.6) is 0 Å². The molecule has 114 valence electrons. The highest BCUT2D eigenvalue weighted by molar-refractivity contribution is 5.14. The number of allylic oxidation sites excluding steroid dienone is 1. The van der Waals surface area contributed by atoms with Crippen LogP contribution in [0, 0.1) is 0 Å². The third-order valence-corrected chi connectivity index (χ3v) is 4.96. The molecule has 1 aromatic heterocycles. The normalized spacial score (nSPS) is 22.8. The Kier molecular flexibility index (Phi) is 4.71. The molecule has 21 heavy (non-hydrogen) atoms. The fraction of sp³-hybridized carbons (Fsp3) is 0.611. The molecule has 0 spiro atoms. The van der Waals surface area contributed by atoms with Crippen molar-refractivity contribution in [2.24, 2.45) is 0 Å². The second kappa shape index (κ2) is 6.71. The molecule has 0 saturated carbocycles. The van der Waals surface area contributed by atoms with Crippen LogP contribution in [0.2, 0.25) is 0 Å². The van der Waals surface area contributed by atoms with Gasteiger partial charge in [-0.15, -0.1) is 0 Å². The maximum atomic E-state index is 10.8. The molecular formula is C18H26N2O. The van der Waals surface area contributed by atoms with Gasteiger partial charge in [0.1, 0.15) is 5.60 Å². The predicted molar refractivity (Wildman–Crippen MR) is 85.0 cm³/mol. The van der Waals surface area contributed by atoms with E-state index in [2.05, 4.69) is 16.0 Å². The van der Waals surface area contributed by atoms with E-state index in [1.54, 1.807) is 11.8 Å². The first-order valence-corrected chi connectivity index (χ1v) is 8.30. The van der Waals surface area contributed by atoms with Crippen molar-refractivity contribution in [3.05, 3.63) is 41.7 Å². The lowest BCUT2D eigenvalue weighted by Crippen LogP contribution is -2.43. The van der Waals surface area contributed by atoms with Crippen molar-refractivity contribution in [1.82, 2.24) is 9.88 Å². The number of aromatic nitrogens is 1. The topological polar surface area (TPSA) is 36.4 Å². The monoisotopic (exact) mass is 286 g/mol. The molecule has 1 aromatic rings. The number of nitrogens with zero attached hydrogens (tertiary/aromatic N) is 2. The van der Waals surface area contributed by atoms with Crippen LogP contribution in [0.4, 0.5) is 0 Å². The van der Waals surface area contributed by atoms with E-state index in [-0.39, 0.29) is 0 Å². The summed E-state index contributed by atoms with van der Waals surface area (Å²) in [5.74, 6) is 0. The van der Waals surface area contributed by atoms with Crippen LogP contribution in [0.25, 0.3) is 0 Å². The molecule has 0 radical (unpaired) electrons. The number of pyridine rings is 1. The first-order valence-electron chi connectivity index (χ1n) is 8.30. The van der Waals surface area contributed by atoms with E-state index in [0.717, 1.165) is 38.2 Å². The van der Waals surface area contributed by atoms with Crippen molar-refractivity contribution in [1.29, 1.82) is 0 Å². The molecule has 0 bridgehead atoms. The lowest BCUT2D eigenvalue weighted by atomic mass is 9.87. The van der Waals surface area contributed by atoms with E-state index in [0.29, 0.717) is 0 Å². The molecule has 3 nitrogen and oxygen atoms in total. The molecule has 1 aliphatic carbocycles. The lowest BCUT2D eigenvalue weighted by molar-refractivity contribution is -0.0290. The summed E-state index contributed by atoms with van der Waals surface area (Å²) in [4.78, 5) is 6.83. The zero-order valence-corrected chi connectivity index (χ0v) is 12.8. The summed E-state index contributed by atoms with van der Waals surface area (Å²) >= 11 is 0. The summed E-state index contributed by atoms with van der Waals surface area (Å²) < 4.78 is 0. The molecule has 3 rings (SSSR count). The van der Waals surface area contributed by atoms with E-state index in [4.69, 9.17) is 0 Å². The minimum atomic E-state index is -0.720. The van der Waals surface area contributed by atoms with E-state index >= 15 is 0 Å². The molecule has 2 heterocycles. The van der Waals surface area contributed by atoms with Crippen molar-refractivity contribution in [2.45, 2.75) is 50.5 Å². The number of likely N-dealkylation sites (tertiary alicyclic amines) is 1. The Morgan fingerprint density at radius 3 is 2.71 bits per heavy atom. The molecule has 0 amide bonds. The first kappa shape index (κ1) is 14.7. The molecule has 1 aliphatic heterocycles. The van der Waals surface area contributed by atoms with Gasteiger partial charge in [0, 0.05) is 25.8 Å². The van der Waals surface area contributed by atoms with E-state index < -0.39 is 5.60 Å². The van der Waals surface area contributed by atoms with Crippen molar-refractivity contribution < 1.29 is 5.11 Å². The highest BCUT2D eigenvalue weighted by Gasteiger charge is 2.34. The summed E-state index contributed by atoms with van der Waals surface area (Å²) in [6, 6.07) is 5.81. The molecule has 1 N–H and O–H groups in total. The van der Waals surface area contributed by atoms with Gasteiger partial charge in [-0.2, -0.15) is 0 Å². The fourth-order valence-corrected chi connectivity index (χ4v) is 3.47. The van der Waals surface area contributed by atoms with Crippen LogP contribution in [-0.4, -0.2) is 34.6 Å². The van der Waals surface area contributed by atoms with Gasteiger partial charge in [-0.1, -0.05) is 17.7 Å². The second-order valence-electron chi connectivity index (χ2n) is 6.45. The number of hydrogen-bond donors (Lipinski definition) is 1. The molecule has 3 heteroatoms. The van der Waals surface area contributed by atoms with Gasteiger partial charge in [0.05, 0.1) is 5.69 Å². The van der Waals surface area contributed by atoms with E-state index in [1.807, 2.05) is 18.2 Å². The first-order chi connectivity index (χ1) is 10.3. The summed E-state index contributed by atoms with van der Waals surface area (Å²) in [5, 5.41) is 10.8. The lowest BCUT2D eigenvalue weighted by Gasteiger charge is -2.38. The average molecular weight is 286 g/mol. The molecule has 0 atom stereocenters. The van der Waals surface area contributed by atoms with Crippen molar-refractivity contribution in [2.75, 3.05) is 19.6 Å². The van der Waals surface area contributed by atoms with Crippen molar-refractivity contribution >= 4 is 0 Å². The zero-order valence-electron chi connectivity index (χ0n) is 12.8. The standard InChI is InChI=1S/C18H26N2O/c21-18(17-8-4-5-12-19-17)10-14-20(15-11-18)13-9-16-6-2-1-3-7-16/h4-6,8,12,21H,1-3,7,9-11,13-15H2. The van der Waals surface area contributed by atoms with Gasteiger partial charge in [0.15, 0.2) is 0 Å². The quantitative estimate of drug-likeness (QED) is 0.863. The molecule has 0 aromatic carbocycles. The van der Waals surface area contributed by atoms with Crippen molar-refractivity contribution in [3.63, 3.8) is 0 Å². The maximum Gasteiger partial charge on any atom is 0.109 e. The number of aliphatic hydroxyl groups is 1.